The van der Waals surface area contributed by atoms with Gasteiger partial charge in [0.15, 0.2) is 5.84 Å². The van der Waals surface area contributed by atoms with E-state index in [2.05, 4.69) is 26.4 Å². The molecule has 0 fully saturated rings. The summed E-state index contributed by atoms with van der Waals surface area (Å²) in [5.41, 5.74) is 6.86. The Morgan fingerprint density at radius 2 is 2.15 bits per heavy atom. The van der Waals surface area contributed by atoms with Crippen molar-refractivity contribution < 1.29 is 14.4 Å². The lowest BCUT2D eigenvalue weighted by atomic mass is 10.1. The molecule has 0 saturated carbocycles. The Morgan fingerprint density at radius 1 is 1.40 bits per heavy atom. The fraction of sp³-hybridized carbons (Fsp3) is 0.0769. The Morgan fingerprint density at radius 3 is 2.75 bits per heavy atom. The van der Waals surface area contributed by atoms with Gasteiger partial charge in [0.25, 0.3) is 5.91 Å². The molecule has 0 bridgehead atoms. The minimum atomic E-state index is -0.332. The summed E-state index contributed by atoms with van der Waals surface area (Å²) >= 11 is 3.31. The summed E-state index contributed by atoms with van der Waals surface area (Å²) in [5, 5.41) is 14.4. The third-order valence-electron chi connectivity index (χ3n) is 2.72. The Kier molecular flexibility index (Phi) is 4.09. The topological polar surface area (TPSA) is 101 Å². The molecule has 1 amide bonds. The summed E-state index contributed by atoms with van der Waals surface area (Å²) in [4.78, 5) is 12.1. The number of hydrogen-bond donors (Lipinski definition) is 3. The maximum absolute atomic E-state index is 12.1. The molecule has 2 aromatic rings. The molecule has 0 unspecified atom stereocenters. The summed E-state index contributed by atoms with van der Waals surface area (Å²) in [6.07, 6.45) is 1.44. The van der Waals surface area contributed by atoms with E-state index < -0.39 is 0 Å². The van der Waals surface area contributed by atoms with Gasteiger partial charge in [0, 0.05) is 10.0 Å². The van der Waals surface area contributed by atoms with Crippen molar-refractivity contribution in [1.82, 2.24) is 0 Å². The predicted molar refractivity (Wildman–Crippen MR) is 78.1 cm³/mol. The van der Waals surface area contributed by atoms with Crippen LogP contribution < -0.4 is 11.1 Å². The first-order valence-electron chi connectivity index (χ1n) is 5.66. The Hall–Kier alpha value is -2.28. The van der Waals surface area contributed by atoms with Crippen molar-refractivity contribution >= 4 is 33.4 Å². The quantitative estimate of drug-likeness (QED) is 0.347. The van der Waals surface area contributed by atoms with Gasteiger partial charge in [0.1, 0.15) is 5.76 Å². The second-order valence-corrected chi connectivity index (χ2v) is 4.94. The van der Waals surface area contributed by atoms with Crippen LogP contribution in [-0.4, -0.2) is 17.0 Å². The van der Waals surface area contributed by atoms with Crippen LogP contribution in [0.2, 0.25) is 0 Å². The summed E-state index contributed by atoms with van der Waals surface area (Å²) in [5.74, 6) is 0.0981. The smallest absolute Gasteiger partial charge is 0.259 e. The van der Waals surface area contributed by atoms with Crippen LogP contribution in [0.15, 0.2) is 44.6 Å². The zero-order valence-electron chi connectivity index (χ0n) is 10.6. The van der Waals surface area contributed by atoms with Crippen molar-refractivity contribution in [3.63, 3.8) is 0 Å². The number of carbonyl (C=O) groups excluding carboxylic acids is 1. The number of nitrogens with two attached hydrogens (primary N) is 1. The molecule has 1 aromatic carbocycles. The molecule has 0 aliphatic rings. The van der Waals surface area contributed by atoms with E-state index in [0.717, 1.165) is 4.47 Å². The minimum absolute atomic E-state index is 0.0864. The van der Waals surface area contributed by atoms with E-state index in [1.807, 2.05) is 0 Å². The van der Waals surface area contributed by atoms with Gasteiger partial charge < -0.3 is 20.7 Å². The van der Waals surface area contributed by atoms with Gasteiger partial charge in [-0.25, -0.2) is 0 Å². The van der Waals surface area contributed by atoms with Gasteiger partial charge in [-0.1, -0.05) is 21.1 Å². The number of furan rings is 1. The van der Waals surface area contributed by atoms with Crippen LogP contribution >= 0.6 is 15.9 Å². The van der Waals surface area contributed by atoms with Crippen molar-refractivity contribution in [3.05, 3.63) is 51.9 Å². The number of rotatable bonds is 3. The number of oxime groups is 1. The zero-order chi connectivity index (χ0) is 14.7. The first-order chi connectivity index (χ1) is 9.52. The van der Waals surface area contributed by atoms with Crippen molar-refractivity contribution in [2.24, 2.45) is 10.9 Å². The van der Waals surface area contributed by atoms with Crippen LogP contribution in [-0.2, 0) is 0 Å². The molecule has 0 saturated heterocycles. The molecule has 4 N–H and O–H groups in total. The van der Waals surface area contributed by atoms with E-state index in [0.29, 0.717) is 22.6 Å². The normalized spacial score (nSPS) is 11.4. The van der Waals surface area contributed by atoms with Gasteiger partial charge >= 0.3 is 0 Å². The minimum Gasteiger partial charge on any atom is -0.469 e. The first-order valence-corrected chi connectivity index (χ1v) is 6.45. The molecular weight excluding hydrogens is 326 g/mol. The highest BCUT2D eigenvalue weighted by Crippen LogP contribution is 2.22. The van der Waals surface area contributed by atoms with Gasteiger partial charge in [0.2, 0.25) is 0 Å². The number of amides is 1. The molecule has 0 spiro atoms. The van der Waals surface area contributed by atoms with Crippen LogP contribution in [0.4, 0.5) is 5.69 Å². The Labute approximate surface area is 123 Å². The lowest BCUT2D eigenvalue weighted by Crippen LogP contribution is -2.19. The summed E-state index contributed by atoms with van der Waals surface area (Å²) in [6, 6.07) is 6.61. The highest BCUT2D eigenvalue weighted by Gasteiger charge is 2.15. The number of hydrogen-bond acceptors (Lipinski definition) is 4. The van der Waals surface area contributed by atoms with Gasteiger partial charge in [0.05, 0.1) is 17.5 Å². The van der Waals surface area contributed by atoms with Crippen LogP contribution in [0, 0.1) is 6.92 Å². The molecule has 0 aliphatic heterocycles. The van der Waals surface area contributed by atoms with Crippen molar-refractivity contribution in [1.29, 1.82) is 0 Å². The Balaban J connectivity index is 2.36. The van der Waals surface area contributed by atoms with Crippen LogP contribution in [0.3, 0.4) is 0 Å². The monoisotopic (exact) mass is 337 g/mol. The average molecular weight is 338 g/mol. The standard InChI is InChI=1S/C13H12BrN3O3/c1-7-9(4-5-20-7)13(18)16-11-6-8(14)2-3-10(11)12(15)17-19/h2-6,19H,1H3,(H2,15,17)(H,16,18). The SMILES string of the molecule is Cc1occc1C(=O)Nc1cc(Br)ccc1/C(N)=N/O. The molecule has 20 heavy (non-hydrogen) atoms. The Bertz CT molecular complexity index is 679. The van der Waals surface area contributed by atoms with E-state index in [4.69, 9.17) is 15.4 Å². The van der Waals surface area contributed by atoms with E-state index >= 15 is 0 Å². The highest BCUT2D eigenvalue weighted by atomic mass is 79.9. The van der Waals surface area contributed by atoms with Gasteiger partial charge in [-0.15, -0.1) is 0 Å². The summed E-state index contributed by atoms with van der Waals surface area (Å²) in [7, 11) is 0. The van der Waals surface area contributed by atoms with Crippen LogP contribution in [0.25, 0.3) is 0 Å². The molecule has 0 radical (unpaired) electrons. The number of halogens is 1. The maximum Gasteiger partial charge on any atom is 0.259 e. The van der Waals surface area contributed by atoms with Crippen LogP contribution in [0.5, 0.6) is 0 Å². The molecular formula is C13H12BrN3O3. The summed E-state index contributed by atoms with van der Waals surface area (Å²) < 4.78 is 5.84. The van der Waals surface area contributed by atoms with Gasteiger partial charge in [-0.05, 0) is 31.2 Å². The maximum atomic E-state index is 12.1. The van der Waals surface area contributed by atoms with Crippen molar-refractivity contribution in [2.45, 2.75) is 6.92 Å². The van der Waals surface area contributed by atoms with E-state index in [1.165, 1.54) is 6.26 Å². The highest BCUT2D eigenvalue weighted by molar-refractivity contribution is 9.10. The second-order valence-electron chi connectivity index (χ2n) is 4.02. The van der Waals surface area contributed by atoms with Crippen LogP contribution in [0.1, 0.15) is 21.7 Å². The molecule has 1 heterocycles. The first kappa shape index (κ1) is 14.1. The van der Waals surface area contributed by atoms with Crippen molar-refractivity contribution in [2.75, 3.05) is 5.32 Å². The lowest BCUT2D eigenvalue weighted by molar-refractivity contribution is 0.102. The second kappa shape index (κ2) is 5.79. The lowest BCUT2D eigenvalue weighted by Gasteiger charge is -2.10. The number of aryl methyl sites for hydroxylation is 1. The number of anilines is 1. The summed E-state index contributed by atoms with van der Waals surface area (Å²) in [6.45, 7) is 1.69. The number of benzene rings is 1. The fourth-order valence-electron chi connectivity index (χ4n) is 1.71. The number of nitrogens with zero attached hydrogens (tertiary/aromatic N) is 1. The molecule has 0 aliphatic carbocycles. The van der Waals surface area contributed by atoms with Gasteiger partial charge in [-0.2, -0.15) is 0 Å². The molecule has 104 valence electrons. The third kappa shape index (κ3) is 2.83. The zero-order valence-corrected chi connectivity index (χ0v) is 12.1. The molecule has 1 aromatic heterocycles. The molecule has 6 nitrogen and oxygen atoms in total. The third-order valence-corrected chi connectivity index (χ3v) is 3.21. The number of amidine groups is 1. The molecule has 7 heteroatoms. The largest absolute Gasteiger partial charge is 0.469 e. The number of carbonyl (C=O) groups is 1. The average Bonchev–Trinajstić information content (AvgIpc) is 2.84. The van der Waals surface area contributed by atoms with Gasteiger partial charge in [-0.3, -0.25) is 4.79 Å². The predicted octanol–water partition coefficient (Wildman–Crippen LogP) is 2.70. The fourth-order valence-corrected chi connectivity index (χ4v) is 2.07. The van der Waals surface area contributed by atoms with E-state index in [1.54, 1.807) is 31.2 Å². The molecule has 0 atom stereocenters. The van der Waals surface area contributed by atoms with E-state index in [9.17, 15) is 4.79 Å². The molecule has 2 rings (SSSR count). The van der Waals surface area contributed by atoms with E-state index in [-0.39, 0.29) is 11.7 Å². The number of nitrogens with one attached hydrogen (secondary N) is 1. The van der Waals surface area contributed by atoms with Crippen molar-refractivity contribution in [3.8, 4) is 0 Å².